The zero-order chi connectivity index (χ0) is 11.5. The van der Waals surface area contributed by atoms with Crippen LogP contribution in [0.4, 0.5) is 0 Å². The number of aromatic nitrogens is 2. The first-order valence-corrected chi connectivity index (χ1v) is 6.13. The normalized spacial score (nSPS) is 11.2. The van der Waals surface area contributed by atoms with Crippen LogP contribution in [-0.4, -0.2) is 16.0 Å². The Bertz CT molecular complexity index is 461. The molecular weight excluding hydrogens is 222 g/mol. The fourth-order valence-corrected chi connectivity index (χ4v) is 1.96. The molecule has 0 radical (unpaired) electrons. The summed E-state index contributed by atoms with van der Waals surface area (Å²) in [6.45, 7) is 6.90. The Balaban J connectivity index is 2.19. The van der Waals surface area contributed by atoms with E-state index in [2.05, 4.69) is 29.1 Å². The summed E-state index contributed by atoms with van der Waals surface area (Å²) in [5.41, 5.74) is 1.79. The molecule has 2 aromatic heterocycles. The number of hydrogen-bond donors (Lipinski definition) is 1. The third-order valence-corrected chi connectivity index (χ3v) is 2.94. The minimum Gasteiger partial charge on any atom is -0.441 e. The van der Waals surface area contributed by atoms with Crippen molar-refractivity contribution in [2.24, 2.45) is 0 Å². The van der Waals surface area contributed by atoms with Crippen LogP contribution in [0.25, 0.3) is 11.5 Å². The Morgan fingerprint density at radius 2 is 2.31 bits per heavy atom. The average molecular weight is 237 g/mol. The van der Waals surface area contributed by atoms with Crippen LogP contribution in [0.15, 0.2) is 16.2 Å². The second-order valence-corrected chi connectivity index (χ2v) is 4.98. The number of hydrogen-bond acceptors (Lipinski definition) is 5. The molecule has 2 rings (SSSR count). The Morgan fingerprint density at radius 1 is 1.50 bits per heavy atom. The molecule has 0 spiro atoms. The summed E-state index contributed by atoms with van der Waals surface area (Å²) in [6, 6.07) is 0.432. The van der Waals surface area contributed by atoms with Crippen molar-refractivity contribution >= 4 is 11.3 Å². The molecule has 0 aliphatic heterocycles. The Labute approximate surface area is 98.7 Å². The minimum absolute atomic E-state index is 0.432. The molecule has 0 saturated heterocycles. The zero-order valence-electron chi connectivity index (χ0n) is 9.65. The van der Waals surface area contributed by atoms with E-state index in [0.717, 1.165) is 22.2 Å². The molecule has 0 amide bonds. The van der Waals surface area contributed by atoms with Gasteiger partial charge in [0, 0.05) is 18.0 Å². The van der Waals surface area contributed by atoms with Crippen molar-refractivity contribution in [3.63, 3.8) is 0 Å². The molecule has 0 bridgehead atoms. The predicted molar refractivity (Wildman–Crippen MR) is 64.3 cm³/mol. The van der Waals surface area contributed by atoms with Gasteiger partial charge in [0.15, 0.2) is 12.2 Å². The first-order chi connectivity index (χ1) is 7.66. The standard InChI is InChI=1S/C11H15N3OS/c1-7(2)12-4-9-11(15-6-13-9)10-5-16-8(3)14-10/h5-7,12H,4H2,1-3H3. The van der Waals surface area contributed by atoms with E-state index in [0.29, 0.717) is 12.6 Å². The highest BCUT2D eigenvalue weighted by Gasteiger charge is 2.13. The van der Waals surface area contributed by atoms with Crippen LogP contribution >= 0.6 is 11.3 Å². The van der Waals surface area contributed by atoms with Gasteiger partial charge in [0.1, 0.15) is 11.4 Å². The SMILES string of the molecule is Cc1nc(-c2ocnc2CNC(C)C)cs1. The molecule has 0 aliphatic rings. The molecule has 1 N–H and O–H groups in total. The van der Waals surface area contributed by atoms with Gasteiger partial charge in [-0.3, -0.25) is 0 Å². The third kappa shape index (κ3) is 2.48. The van der Waals surface area contributed by atoms with Gasteiger partial charge in [-0.25, -0.2) is 9.97 Å². The lowest BCUT2D eigenvalue weighted by atomic mass is 10.2. The van der Waals surface area contributed by atoms with Crippen LogP contribution in [0.3, 0.4) is 0 Å². The number of aryl methyl sites for hydroxylation is 1. The number of thiazole rings is 1. The average Bonchev–Trinajstić information content (AvgIpc) is 2.82. The largest absolute Gasteiger partial charge is 0.441 e. The fourth-order valence-electron chi connectivity index (χ4n) is 1.37. The number of nitrogens with one attached hydrogen (secondary N) is 1. The maximum absolute atomic E-state index is 5.39. The molecule has 4 nitrogen and oxygen atoms in total. The van der Waals surface area contributed by atoms with Crippen molar-refractivity contribution in [3.8, 4) is 11.5 Å². The van der Waals surface area contributed by atoms with Crippen LogP contribution in [0.2, 0.25) is 0 Å². The highest BCUT2D eigenvalue weighted by Crippen LogP contribution is 2.24. The van der Waals surface area contributed by atoms with Gasteiger partial charge in [-0.05, 0) is 6.92 Å². The quantitative estimate of drug-likeness (QED) is 0.888. The molecule has 2 heterocycles. The first kappa shape index (κ1) is 11.3. The second kappa shape index (κ2) is 4.76. The summed E-state index contributed by atoms with van der Waals surface area (Å²) in [5.74, 6) is 0.775. The summed E-state index contributed by atoms with van der Waals surface area (Å²) >= 11 is 1.62. The van der Waals surface area contributed by atoms with Crippen molar-refractivity contribution in [3.05, 3.63) is 22.5 Å². The molecule has 86 valence electrons. The van der Waals surface area contributed by atoms with Crippen molar-refractivity contribution < 1.29 is 4.42 Å². The van der Waals surface area contributed by atoms with Crippen LogP contribution in [0.1, 0.15) is 24.5 Å². The van der Waals surface area contributed by atoms with Gasteiger partial charge in [0.2, 0.25) is 0 Å². The maximum atomic E-state index is 5.39. The van der Waals surface area contributed by atoms with Crippen LogP contribution in [0, 0.1) is 6.92 Å². The topological polar surface area (TPSA) is 51.0 Å². The molecule has 5 heteroatoms. The van der Waals surface area contributed by atoms with Crippen molar-refractivity contribution in [2.45, 2.75) is 33.4 Å². The van der Waals surface area contributed by atoms with Gasteiger partial charge >= 0.3 is 0 Å². The molecule has 0 aromatic carbocycles. The summed E-state index contributed by atoms with van der Waals surface area (Å²) in [6.07, 6.45) is 1.47. The van der Waals surface area contributed by atoms with E-state index < -0.39 is 0 Å². The summed E-state index contributed by atoms with van der Waals surface area (Å²) in [5, 5.41) is 6.35. The molecule has 16 heavy (non-hydrogen) atoms. The molecule has 0 atom stereocenters. The zero-order valence-corrected chi connectivity index (χ0v) is 10.5. The lowest BCUT2D eigenvalue weighted by Gasteiger charge is -2.05. The molecule has 0 fully saturated rings. The molecule has 0 aliphatic carbocycles. The monoisotopic (exact) mass is 237 g/mol. The lowest BCUT2D eigenvalue weighted by molar-refractivity contribution is 0.561. The van der Waals surface area contributed by atoms with Gasteiger partial charge in [0.05, 0.1) is 5.01 Å². The van der Waals surface area contributed by atoms with Gasteiger partial charge in [-0.1, -0.05) is 13.8 Å². The first-order valence-electron chi connectivity index (χ1n) is 5.25. The molecule has 2 aromatic rings. The Kier molecular flexibility index (Phi) is 3.36. The fraction of sp³-hybridized carbons (Fsp3) is 0.455. The van der Waals surface area contributed by atoms with E-state index in [1.54, 1.807) is 11.3 Å². The molecule has 0 saturated carbocycles. The molecular formula is C11H15N3OS. The van der Waals surface area contributed by atoms with Crippen LogP contribution in [0.5, 0.6) is 0 Å². The summed E-state index contributed by atoms with van der Waals surface area (Å²) in [4.78, 5) is 8.61. The maximum Gasteiger partial charge on any atom is 0.181 e. The van der Waals surface area contributed by atoms with Crippen molar-refractivity contribution in [1.82, 2.24) is 15.3 Å². The van der Waals surface area contributed by atoms with Crippen molar-refractivity contribution in [2.75, 3.05) is 0 Å². The predicted octanol–water partition coefficient (Wildman–Crippen LogP) is 2.60. The second-order valence-electron chi connectivity index (χ2n) is 3.92. The van der Waals surface area contributed by atoms with Crippen LogP contribution in [-0.2, 0) is 6.54 Å². The lowest BCUT2D eigenvalue weighted by Crippen LogP contribution is -2.22. The highest BCUT2D eigenvalue weighted by molar-refractivity contribution is 7.09. The summed E-state index contributed by atoms with van der Waals surface area (Å²) < 4.78 is 5.39. The van der Waals surface area contributed by atoms with E-state index >= 15 is 0 Å². The van der Waals surface area contributed by atoms with E-state index in [9.17, 15) is 0 Å². The summed E-state index contributed by atoms with van der Waals surface area (Å²) in [7, 11) is 0. The van der Waals surface area contributed by atoms with Crippen LogP contribution < -0.4 is 5.32 Å². The third-order valence-electron chi connectivity index (χ3n) is 2.17. The Hall–Kier alpha value is -1.20. The number of oxazole rings is 1. The van der Waals surface area contributed by atoms with E-state index in [1.807, 2.05) is 12.3 Å². The highest BCUT2D eigenvalue weighted by atomic mass is 32.1. The van der Waals surface area contributed by atoms with E-state index in [-0.39, 0.29) is 0 Å². The number of nitrogens with zero attached hydrogens (tertiary/aromatic N) is 2. The van der Waals surface area contributed by atoms with Gasteiger partial charge < -0.3 is 9.73 Å². The van der Waals surface area contributed by atoms with Gasteiger partial charge in [-0.15, -0.1) is 11.3 Å². The smallest absolute Gasteiger partial charge is 0.181 e. The van der Waals surface area contributed by atoms with Gasteiger partial charge in [-0.2, -0.15) is 0 Å². The number of rotatable bonds is 4. The Morgan fingerprint density at radius 3 is 2.94 bits per heavy atom. The van der Waals surface area contributed by atoms with Crippen molar-refractivity contribution in [1.29, 1.82) is 0 Å². The minimum atomic E-state index is 0.432. The molecule has 0 unspecified atom stereocenters. The van der Waals surface area contributed by atoms with Gasteiger partial charge in [0.25, 0.3) is 0 Å². The van der Waals surface area contributed by atoms with E-state index in [4.69, 9.17) is 4.42 Å². The van der Waals surface area contributed by atoms with E-state index in [1.165, 1.54) is 6.39 Å².